The highest BCUT2D eigenvalue weighted by Gasteiger charge is 2.46. The van der Waals surface area contributed by atoms with Crippen LogP contribution in [0.15, 0.2) is 0 Å². The lowest BCUT2D eigenvalue weighted by atomic mass is 9.76. The minimum absolute atomic E-state index is 0.0782. The van der Waals surface area contributed by atoms with Crippen LogP contribution in [0.4, 0.5) is 8.78 Å². The van der Waals surface area contributed by atoms with Gasteiger partial charge >= 0.3 is 5.54 Å². The van der Waals surface area contributed by atoms with Gasteiger partial charge in [-0.3, -0.25) is 4.85 Å². The van der Waals surface area contributed by atoms with Crippen molar-refractivity contribution in [1.82, 2.24) is 0 Å². The minimum atomic E-state index is -2.84. The van der Waals surface area contributed by atoms with Gasteiger partial charge in [0.2, 0.25) is 5.92 Å². The minimum Gasteiger partial charge on any atom is -0.348 e. The third kappa shape index (κ3) is 4.15. The van der Waals surface area contributed by atoms with Gasteiger partial charge in [0.15, 0.2) is 11.9 Å². The monoisotopic (exact) mass is 312 g/mol. The average molecular weight is 312 g/mol. The molecule has 1 aliphatic carbocycles. The van der Waals surface area contributed by atoms with Crippen LogP contribution in [0.3, 0.4) is 0 Å². The van der Waals surface area contributed by atoms with Gasteiger partial charge in [-0.15, -0.1) is 0 Å². The Labute approximate surface area is 130 Å². The molecule has 0 radical (unpaired) electrons. The maximum Gasteiger partial charge on any atom is 0.316 e. The maximum absolute atomic E-state index is 13.1. The summed E-state index contributed by atoms with van der Waals surface area (Å²) in [6.45, 7) is 9.36. The molecule has 1 saturated heterocycles. The van der Waals surface area contributed by atoms with E-state index in [2.05, 4.69) is 4.85 Å². The molecule has 2 fully saturated rings. The van der Waals surface area contributed by atoms with Gasteiger partial charge in [0.25, 0.3) is 0 Å². The van der Waals surface area contributed by atoms with Crippen LogP contribution in [0, 0.1) is 23.8 Å². The highest BCUT2D eigenvalue weighted by molar-refractivity contribution is 5.16. The number of ether oxygens (including phenoxy) is 2. The van der Waals surface area contributed by atoms with Crippen molar-refractivity contribution in [3.8, 4) is 6.07 Å². The molecule has 0 N–H and O–H groups in total. The molecule has 0 bridgehead atoms. The standard InChI is InChI=1S/C16H22F2N2O2/c1-14(17,18)7-8-15(12-19,20-2)11-13-3-5-16(6-4-13)21-9-10-22-16/h13H,3-11H2,1H3. The Morgan fingerprint density at radius 2 is 1.86 bits per heavy atom. The van der Waals surface area contributed by atoms with Gasteiger partial charge in [0.1, 0.15) is 0 Å². The first-order valence-corrected chi connectivity index (χ1v) is 7.78. The van der Waals surface area contributed by atoms with Gasteiger partial charge in [-0.05, 0) is 25.7 Å². The maximum atomic E-state index is 13.1. The topological polar surface area (TPSA) is 46.6 Å². The predicted octanol–water partition coefficient (Wildman–Crippen LogP) is 3.93. The molecule has 2 rings (SSSR count). The summed E-state index contributed by atoms with van der Waals surface area (Å²) in [4.78, 5) is 3.42. The molecule has 1 saturated carbocycles. The molecule has 4 nitrogen and oxygen atoms in total. The van der Waals surface area contributed by atoms with Crippen LogP contribution in [0.1, 0.15) is 51.9 Å². The molecular formula is C16H22F2N2O2. The third-order valence-electron chi connectivity index (χ3n) is 4.71. The van der Waals surface area contributed by atoms with E-state index in [-0.39, 0.29) is 12.3 Å². The van der Waals surface area contributed by atoms with Crippen LogP contribution in [0.5, 0.6) is 0 Å². The second-order valence-electron chi connectivity index (χ2n) is 6.58. The van der Waals surface area contributed by atoms with Gasteiger partial charge < -0.3 is 9.47 Å². The van der Waals surface area contributed by atoms with Crippen molar-refractivity contribution in [2.24, 2.45) is 5.92 Å². The number of rotatable bonds is 5. The Bertz CT molecular complexity index is 446. The van der Waals surface area contributed by atoms with Crippen molar-refractivity contribution in [2.45, 2.75) is 69.1 Å². The van der Waals surface area contributed by atoms with Gasteiger partial charge in [-0.1, -0.05) is 0 Å². The summed E-state index contributed by atoms with van der Waals surface area (Å²) in [5.74, 6) is -3.12. The summed E-state index contributed by atoms with van der Waals surface area (Å²) in [5, 5.41) is 9.35. The first kappa shape index (κ1) is 17.1. The van der Waals surface area contributed by atoms with Gasteiger partial charge in [0, 0.05) is 32.1 Å². The fourth-order valence-electron chi connectivity index (χ4n) is 3.34. The van der Waals surface area contributed by atoms with Crippen molar-refractivity contribution < 1.29 is 18.3 Å². The van der Waals surface area contributed by atoms with Gasteiger partial charge in [0.05, 0.1) is 13.2 Å². The SMILES string of the molecule is [C-]#[N+]C(C#N)(CCC(C)(F)F)CC1CCC2(CC1)OCCO2. The summed E-state index contributed by atoms with van der Waals surface area (Å²) in [6, 6.07) is 2.00. The van der Waals surface area contributed by atoms with Crippen LogP contribution in [-0.2, 0) is 9.47 Å². The van der Waals surface area contributed by atoms with Crippen LogP contribution >= 0.6 is 0 Å². The molecule has 22 heavy (non-hydrogen) atoms. The third-order valence-corrected chi connectivity index (χ3v) is 4.71. The largest absolute Gasteiger partial charge is 0.348 e. The lowest BCUT2D eigenvalue weighted by Crippen LogP contribution is -2.37. The molecule has 0 aromatic carbocycles. The first-order valence-electron chi connectivity index (χ1n) is 7.78. The molecule has 1 heterocycles. The van der Waals surface area contributed by atoms with E-state index in [0.717, 1.165) is 32.6 Å². The number of nitriles is 1. The Hall–Kier alpha value is -1.24. The predicted molar refractivity (Wildman–Crippen MR) is 76.0 cm³/mol. The zero-order valence-electron chi connectivity index (χ0n) is 12.9. The van der Waals surface area contributed by atoms with Crippen LogP contribution in [0.25, 0.3) is 4.85 Å². The second kappa shape index (κ2) is 6.48. The smallest absolute Gasteiger partial charge is 0.316 e. The quantitative estimate of drug-likeness (QED) is 0.723. The zero-order chi connectivity index (χ0) is 16.3. The van der Waals surface area contributed by atoms with E-state index in [1.807, 2.05) is 6.07 Å². The molecule has 0 aromatic rings. The van der Waals surface area contributed by atoms with E-state index in [1.54, 1.807) is 0 Å². The molecule has 6 heteroatoms. The molecule has 1 unspecified atom stereocenters. The molecule has 1 atom stereocenters. The summed E-state index contributed by atoms with van der Waals surface area (Å²) < 4.78 is 37.4. The van der Waals surface area contributed by atoms with Crippen molar-refractivity contribution in [1.29, 1.82) is 5.26 Å². The van der Waals surface area contributed by atoms with Gasteiger partial charge in [-0.25, -0.2) is 15.4 Å². The second-order valence-corrected chi connectivity index (χ2v) is 6.58. The van der Waals surface area contributed by atoms with E-state index in [4.69, 9.17) is 16.0 Å². The molecule has 1 aliphatic heterocycles. The summed E-state index contributed by atoms with van der Waals surface area (Å²) in [7, 11) is 0. The summed E-state index contributed by atoms with van der Waals surface area (Å²) >= 11 is 0. The number of halogens is 2. The van der Waals surface area contributed by atoms with Crippen molar-refractivity contribution >= 4 is 0 Å². The van der Waals surface area contributed by atoms with Crippen molar-refractivity contribution in [2.75, 3.05) is 13.2 Å². The lowest BCUT2D eigenvalue weighted by Gasteiger charge is -2.36. The molecule has 0 aromatic heterocycles. The number of alkyl halides is 2. The Kier molecular flexibility index (Phi) is 5.04. The Morgan fingerprint density at radius 3 is 2.32 bits per heavy atom. The van der Waals surface area contributed by atoms with Crippen LogP contribution < -0.4 is 0 Å². The van der Waals surface area contributed by atoms with E-state index in [9.17, 15) is 14.0 Å². The molecule has 1 spiro atoms. The molecular weight excluding hydrogens is 290 g/mol. The zero-order valence-corrected chi connectivity index (χ0v) is 12.9. The molecule has 0 amide bonds. The number of nitrogens with zero attached hydrogens (tertiary/aromatic N) is 2. The lowest BCUT2D eigenvalue weighted by molar-refractivity contribution is -0.183. The molecule has 2 aliphatic rings. The fourth-order valence-corrected chi connectivity index (χ4v) is 3.34. The molecule has 122 valence electrons. The summed E-state index contributed by atoms with van der Waals surface area (Å²) in [6.07, 6.45) is 2.97. The van der Waals surface area contributed by atoms with E-state index in [1.165, 1.54) is 0 Å². The Balaban J connectivity index is 1.92. The van der Waals surface area contributed by atoms with Crippen molar-refractivity contribution in [3.05, 3.63) is 11.4 Å². The summed E-state index contributed by atoms with van der Waals surface area (Å²) in [5.41, 5.74) is -1.33. The number of hydrogen-bond acceptors (Lipinski definition) is 3. The van der Waals surface area contributed by atoms with E-state index >= 15 is 0 Å². The Morgan fingerprint density at radius 1 is 1.27 bits per heavy atom. The normalized spacial score (nSPS) is 24.6. The first-order chi connectivity index (χ1) is 10.3. The van der Waals surface area contributed by atoms with E-state index < -0.39 is 23.7 Å². The van der Waals surface area contributed by atoms with E-state index in [0.29, 0.717) is 19.6 Å². The van der Waals surface area contributed by atoms with Crippen LogP contribution in [-0.4, -0.2) is 30.5 Å². The number of hydrogen-bond donors (Lipinski definition) is 0. The average Bonchev–Trinajstić information content (AvgIpc) is 2.94. The van der Waals surface area contributed by atoms with Gasteiger partial charge in [-0.2, -0.15) is 5.26 Å². The highest BCUT2D eigenvalue weighted by atomic mass is 19.3. The highest BCUT2D eigenvalue weighted by Crippen LogP contribution is 2.42. The van der Waals surface area contributed by atoms with Crippen molar-refractivity contribution in [3.63, 3.8) is 0 Å². The fraction of sp³-hybridized carbons (Fsp3) is 0.875. The van der Waals surface area contributed by atoms with Crippen LogP contribution in [0.2, 0.25) is 0 Å².